The molecule has 1 aliphatic heterocycles. The number of halogens is 3. The van der Waals surface area contributed by atoms with Gasteiger partial charge in [-0.05, 0) is 67.3 Å². The van der Waals surface area contributed by atoms with E-state index in [1.54, 1.807) is 35.2 Å². The molecule has 3 rings (SSSR count). The van der Waals surface area contributed by atoms with Crippen LogP contribution in [-0.2, 0) is 11.2 Å². The molecule has 2 nitrogen and oxygen atoms in total. The van der Waals surface area contributed by atoms with Crippen LogP contribution in [0.2, 0.25) is 10.0 Å². The Morgan fingerprint density at radius 2 is 2.00 bits per heavy atom. The fourth-order valence-corrected chi connectivity index (χ4v) is 3.23. The quantitative estimate of drug-likeness (QED) is 0.643. The van der Waals surface area contributed by atoms with Crippen molar-refractivity contribution in [1.82, 2.24) is 0 Å². The van der Waals surface area contributed by atoms with E-state index in [-0.39, 0.29) is 17.8 Å². The third-order valence-electron chi connectivity index (χ3n) is 4.17. The van der Waals surface area contributed by atoms with Gasteiger partial charge in [0.2, 0.25) is 0 Å². The van der Waals surface area contributed by atoms with Crippen LogP contribution in [0.1, 0.15) is 24.5 Å². The number of hydrogen-bond donors (Lipinski definition) is 0. The lowest BCUT2D eigenvalue weighted by Gasteiger charge is -2.34. The number of benzene rings is 2. The van der Waals surface area contributed by atoms with E-state index in [4.69, 9.17) is 23.2 Å². The van der Waals surface area contributed by atoms with Crippen LogP contribution in [0.5, 0.6) is 0 Å². The molecule has 24 heavy (non-hydrogen) atoms. The van der Waals surface area contributed by atoms with Gasteiger partial charge in [0, 0.05) is 17.8 Å². The van der Waals surface area contributed by atoms with Gasteiger partial charge >= 0.3 is 0 Å². The zero-order chi connectivity index (χ0) is 17.3. The van der Waals surface area contributed by atoms with E-state index in [9.17, 15) is 9.18 Å². The van der Waals surface area contributed by atoms with E-state index in [0.29, 0.717) is 10.0 Å². The molecule has 2 aromatic carbocycles. The summed E-state index contributed by atoms with van der Waals surface area (Å²) >= 11 is 11.9. The summed E-state index contributed by atoms with van der Waals surface area (Å²) in [6.45, 7) is 2.00. The second kappa shape index (κ2) is 6.96. The first-order valence-corrected chi connectivity index (χ1v) is 8.46. The van der Waals surface area contributed by atoms with Crippen LogP contribution in [0.15, 0.2) is 42.5 Å². The molecule has 0 saturated carbocycles. The molecule has 0 bridgehead atoms. The standard InChI is InChI=1S/C19H16Cl2FNO/c1-12-2-5-14-11-15(22)6-8-18(14)23(12)19(24)9-4-13-3-7-16(20)17(21)10-13/h3-4,6-12H,2,5H2,1H3/b9-4+/t12-/m0/s1. The molecule has 0 spiro atoms. The normalized spacial score (nSPS) is 17.2. The van der Waals surface area contributed by atoms with Crippen LogP contribution in [0.3, 0.4) is 0 Å². The predicted molar refractivity (Wildman–Crippen MR) is 97.2 cm³/mol. The number of hydrogen-bond acceptors (Lipinski definition) is 1. The average molecular weight is 364 g/mol. The fraction of sp³-hybridized carbons (Fsp3) is 0.211. The van der Waals surface area contributed by atoms with Crippen LogP contribution in [0.25, 0.3) is 6.08 Å². The highest BCUT2D eigenvalue weighted by Crippen LogP contribution is 2.31. The smallest absolute Gasteiger partial charge is 0.251 e. The summed E-state index contributed by atoms with van der Waals surface area (Å²) in [7, 11) is 0. The third-order valence-corrected chi connectivity index (χ3v) is 4.91. The predicted octanol–water partition coefficient (Wildman–Crippen LogP) is 5.51. The van der Waals surface area contributed by atoms with E-state index in [2.05, 4.69) is 0 Å². The lowest BCUT2D eigenvalue weighted by atomic mass is 9.96. The number of fused-ring (bicyclic) bond motifs is 1. The maximum Gasteiger partial charge on any atom is 0.251 e. The van der Waals surface area contributed by atoms with Crippen molar-refractivity contribution < 1.29 is 9.18 Å². The van der Waals surface area contributed by atoms with Crippen molar-refractivity contribution >= 4 is 40.9 Å². The minimum Gasteiger partial charge on any atom is -0.306 e. The van der Waals surface area contributed by atoms with Crippen molar-refractivity contribution in [3.05, 3.63) is 69.5 Å². The monoisotopic (exact) mass is 363 g/mol. The second-order valence-corrected chi connectivity index (χ2v) is 6.69. The number of carbonyl (C=O) groups excluding carboxylic acids is 1. The van der Waals surface area contributed by atoms with Crippen molar-refractivity contribution in [1.29, 1.82) is 0 Å². The number of nitrogens with zero attached hydrogens (tertiary/aromatic N) is 1. The third kappa shape index (κ3) is 3.47. The van der Waals surface area contributed by atoms with Crippen molar-refractivity contribution in [2.75, 3.05) is 4.90 Å². The Labute approximate surface area is 150 Å². The summed E-state index contributed by atoms with van der Waals surface area (Å²) in [5.74, 6) is -0.414. The van der Waals surface area contributed by atoms with E-state index < -0.39 is 0 Å². The van der Waals surface area contributed by atoms with Crippen LogP contribution in [0, 0.1) is 5.82 Å². The number of amides is 1. The Bertz CT molecular complexity index is 819. The Morgan fingerprint density at radius 1 is 1.21 bits per heavy atom. The van der Waals surface area contributed by atoms with Crippen LogP contribution in [-0.4, -0.2) is 11.9 Å². The lowest BCUT2D eigenvalue weighted by Crippen LogP contribution is -2.41. The number of aryl methyl sites for hydroxylation is 1. The molecule has 1 aliphatic rings. The first-order valence-electron chi connectivity index (χ1n) is 7.70. The summed E-state index contributed by atoms with van der Waals surface area (Å²) in [5.41, 5.74) is 2.44. The summed E-state index contributed by atoms with van der Waals surface area (Å²) in [5, 5.41) is 0.916. The van der Waals surface area contributed by atoms with Gasteiger partial charge in [-0.25, -0.2) is 4.39 Å². The molecule has 124 valence electrons. The molecule has 1 atom stereocenters. The van der Waals surface area contributed by atoms with Gasteiger partial charge in [-0.1, -0.05) is 29.3 Å². The highest BCUT2D eigenvalue weighted by Gasteiger charge is 2.27. The molecule has 0 radical (unpaired) electrons. The van der Waals surface area contributed by atoms with E-state index >= 15 is 0 Å². The molecule has 0 fully saturated rings. The summed E-state index contributed by atoms with van der Waals surface area (Å²) in [6, 6.07) is 9.82. The van der Waals surface area contributed by atoms with E-state index in [1.807, 2.05) is 6.92 Å². The maximum atomic E-state index is 13.4. The number of rotatable bonds is 2. The molecule has 0 unspecified atom stereocenters. The van der Waals surface area contributed by atoms with Gasteiger partial charge in [-0.15, -0.1) is 0 Å². The molecular formula is C19H16Cl2FNO. The zero-order valence-corrected chi connectivity index (χ0v) is 14.6. The van der Waals surface area contributed by atoms with Crippen LogP contribution in [0.4, 0.5) is 10.1 Å². The van der Waals surface area contributed by atoms with Gasteiger partial charge in [0.05, 0.1) is 10.0 Å². The molecule has 0 aromatic heterocycles. The van der Waals surface area contributed by atoms with Crippen LogP contribution >= 0.6 is 23.2 Å². The van der Waals surface area contributed by atoms with Gasteiger partial charge in [-0.3, -0.25) is 4.79 Å². The molecule has 0 N–H and O–H groups in total. The molecule has 0 aliphatic carbocycles. The van der Waals surface area contributed by atoms with Crippen molar-refractivity contribution in [3.8, 4) is 0 Å². The van der Waals surface area contributed by atoms with Gasteiger partial charge in [0.15, 0.2) is 0 Å². The van der Waals surface area contributed by atoms with E-state index in [0.717, 1.165) is 29.7 Å². The largest absolute Gasteiger partial charge is 0.306 e. The molecule has 5 heteroatoms. The number of anilines is 1. The molecular weight excluding hydrogens is 348 g/mol. The van der Waals surface area contributed by atoms with Gasteiger partial charge in [0.25, 0.3) is 5.91 Å². The van der Waals surface area contributed by atoms with Gasteiger partial charge in [0.1, 0.15) is 5.82 Å². The Kier molecular flexibility index (Phi) is 4.93. The fourth-order valence-electron chi connectivity index (χ4n) is 2.92. The summed E-state index contributed by atoms with van der Waals surface area (Å²) < 4.78 is 13.4. The summed E-state index contributed by atoms with van der Waals surface area (Å²) in [6.07, 6.45) is 4.79. The van der Waals surface area contributed by atoms with Gasteiger partial charge < -0.3 is 4.90 Å². The molecule has 2 aromatic rings. The highest BCUT2D eigenvalue weighted by atomic mass is 35.5. The van der Waals surface area contributed by atoms with Crippen molar-refractivity contribution in [3.63, 3.8) is 0 Å². The SMILES string of the molecule is C[C@H]1CCc2cc(F)ccc2N1C(=O)/C=C/c1ccc(Cl)c(Cl)c1. The average Bonchev–Trinajstić information content (AvgIpc) is 2.55. The lowest BCUT2D eigenvalue weighted by molar-refractivity contribution is -0.114. The summed E-state index contributed by atoms with van der Waals surface area (Å²) in [4.78, 5) is 14.4. The highest BCUT2D eigenvalue weighted by molar-refractivity contribution is 6.42. The minimum absolute atomic E-state index is 0.0638. The second-order valence-electron chi connectivity index (χ2n) is 5.88. The van der Waals surface area contributed by atoms with Crippen LogP contribution < -0.4 is 4.90 Å². The Morgan fingerprint density at radius 3 is 2.75 bits per heavy atom. The van der Waals surface area contributed by atoms with Crippen molar-refractivity contribution in [2.24, 2.45) is 0 Å². The van der Waals surface area contributed by atoms with Gasteiger partial charge in [-0.2, -0.15) is 0 Å². The first-order chi connectivity index (χ1) is 11.5. The minimum atomic E-state index is -0.276. The molecule has 1 amide bonds. The first kappa shape index (κ1) is 17.0. The van der Waals surface area contributed by atoms with E-state index in [1.165, 1.54) is 18.2 Å². The molecule has 1 heterocycles. The number of carbonyl (C=O) groups is 1. The zero-order valence-electron chi connectivity index (χ0n) is 13.1. The Hall–Kier alpha value is -1.84. The maximum absolute atomic E-state index is 13.4. The topological polar surface area (TPSA) is 20.3 Å². The Balaban J connectivity index is 1.86. The van der Waals surface area contributed by atoms with Crippen molar-refractivity contribution in [2.45, 2.75) is 25.8 Å². The molecule has 0 saturated heterocycles.